The number of ether oxygens (including phenoxy) is 2. The normalized spacial score (nSPS) is 11.1. The second-order valence-electron chi connectivity index (χ2n) is 8.38. The highest BCUT2D eigenvalue weighted by Gasteiger charge is 2.25. The number of aromatic amines is 1. The fourth-order valence-corrected chi connectivity index (χ4v) is 3.46. The van der Waals surface area contributed by atoms with Crippen molar-refractivity contribution in [3.8, 4) is 5.75 Å². The van der Waals surface area contributed by atoms with Crippen LogP contribution in [0.25, 0.3) is 0 Å². The van der Waals surface area contributed by atoms with Crippen molar-refractivity contribution in [1.82, 2.24) is 9.55 Å². The maximum atomic E-state index is 13.4. The number of anilines is 2. The molecule has 0 fully saturated rings. The van der Waals surface area contributed by atoms with Gasteiger partial charge in [0.2, 0.25) is 0 Å². The monoisotopic (exact) mass is 460 g/mol. The number of methoxy groups -OCH3 is 1. The number of nitrogens with zero attached hydrogens (tertiary/aromatic N) is 2. The Kier molecular flexibility index (Phi) is 10.2. The third-order valence-electron chi connectivity index (χ3n) is 5.12. The van der Waals surface area contributed by atoms with Crippen LogP contribution in [0, 0.1) is 5.92 Å². The van der Waals surface area contributed by atoms with Crippen molar-refractivity contribution in [3.63, 3.8) is 0 Å². The quantitative estimate of drug-likeness (QED) is 0.444. The second kappa shape index (κ2) is 12.8. The van der Waals surface area contributed by atoms with Crippen molar-refractivity contribution in [2.24, 2.45) is 5.92 Å². The van der Waals surface area contributed by atoms with Crippen molar-refractivity contribution in [1.29, 1.82) is 0 Å². The molecule has 2 aromatic rings. The van der Waals surface area contributed by atoms with Crippen molar-refractivity contribution in [3.05, 3.63) is 50.7 Å². The summed E-state index contributed by atoms with van der Waals surface area (Å²) >= 11 is 0. The van der Waals surface area contributed by atoms with Gasteiger partial charge in [-0.1, -0.05) is 33.6 Å². The molecule has 1 heterocycles. The largest absolute Gasteiger partial charge is 0.494 e. The van der Waals surface area contributed by atoms with Gasteiger partial charge in [-0.15, -0.1) is 0 Å². The van der Waals surface area contributed by atoms with E-state index in [2.05, 4.69) is 11.9 Å². The molecule has 1 aromatic heterocycles. The van der Waals surface area contributed by atoms with Crippen LogP contribution in [-0.4, -0.2) is 42.3 Å². The van der Waals surface area contributed by atoms with E-state index in [4.69, 9.17) is 15.2 Å². The Morgan fingerprint density at radius 1 is 1.12 bits per heavy atom. The molecule has 9 nitrogen and oxygen atoms in total. The Balaban J connectivity index is 2.37. The Morgan fingerprint density at radius 3 is 2.42 bits per heavy atom. The summed E-state index contributed by atoms with van der Waals surface area (Å²) in [5.41, 5.74) is 5.32. The molecule has 0 saturated heterocycles. The minimum absolute atomic E-state index is 0.0286. The van der Waals surface area contributed by atoms with Crippen LogP contribution in [0.15, 0.2) is 33.9 Å². The first-order chi connectivity index (χ1) is 15.8. The average Bonchev–Trinajstić information content (AvgIpc) is 2.78. The molecule has 0 aliphatic carbocycles. The zero-order valence-electron chi connectivity index (χ0n) is 20.1. The van der Waals surface area contributed by atoms with Crippen molar-refractivity contribution >= 4 is 17.4 Å². The van der Waals surface area contributed by atoms with Gasteiger partial charge in [0, 0.05) is 32.4 Å². The number of carbonyl (C=O) groups excluding carboxylic acids is 1. The molecule has 3 N–H and O–H groups in total. The molecule has 0 saturated carbocycles. The van der Waals surface area contributed by atoms with E-state index < -0.39 is 17.2 Å². The first-order valence-corrected chi connectivity index (χ1v) is 11.5. The SMILES string of the molecule is CCCCCOc1ccc(C(=O)N(CCCOC)c2c(N)n(CC(C)C)c(=O)[nH]c2=O)cc1. The molecule has 2 rings (SSSR count). The molecule has 0 aliphatic rings. The third-order valence-corrected chi connectivity index (χ3v) is 5.12. The van der Waals surface area contributed by atoms with Crippen LogP contribution in [-0.2, 0) is 11.3 Å². The fourth-order valence-electron chi connectivity index (χ4n) is 3.46. The number of carbonyl (C=O) groups is 1. The lowest BCUT2D eigenvalue weighted by Crippen LogP contribution is -2.42. The summed E-state index contributed by atoms with van der Waals surface area (Å²) in [5, 5.41) is 0. The molecule has 0 bridgehead atoms. The van der Waals surface area contributed by atoms with Crippen molar-refractivity contribution in [2.45, 2.75) is 53.0 Å². The lowest BCUT2D eigenvalue weighted by atomic mass is 10.1. The van der Waals surface area contributed by atoms with Gasteiger partial charge in [0.1, 0.15) is 11.6 Å². The van der Waals surface area contributed by atoms with Crippen LogP contribution in [0.5, 0.6) is 5.75 Å². The number of amides is 1. The summed E-state index contributed by atoms with van der Waals surface area (Å²) in [6.07, 6.45) is 3.67. The van der Waals surface area contributed by atoms with Crippen LogP contribution in [0.1, 0.15) is 56.8 Å². The molecule has 0 unspecified atom stereocenters. The summed E-state index contributed by atoms with van der Waals surface area (Å²) < 4.78 is 12.1. The Morgan fingerprint density at radius 2 is 1.82 bits per heavy atom. The molecule has 182 valence electrons. The van der Waals surface area contributed by atoms with E-state index in [0.717, 1.165) is 19.3 Å². The van der Waals surface area contributed by atoms with E-state index in [0.29, 0.717) is 37.5 Å². The van der Waals surface area contributed by atoms with Gasteiger partial charge in [-0.05, 0) is 43.0 Å². The zero-order valence-corrected chi connectivity index (χ0v) is 20.1. The van der Waals surface area contributed by atoms with E-state index in [9.17, 15) is 14.4 Å². The molecule has 33 heavy (non-hydrogen) atoms. The number of rotatable bonds is 13. The zero-order chi connectivity index (χ0) is 24.4. The first kappa shape index (κ1) is 26.2. The Hall–Kier alpha value is -3.07. The van der Waals surface area contributed by atoms with Crippen molar-refractivity contribution < 1.29 is 14.3 Å². The molecule has 9 heteroatoms. The van der Waals surface area contributed by atoms with E-state index >= 15 is 0 Å². The summed E-state index contributed by atoms with van der Waals surface area (Å²) in [7, 11) is 1.56. The number of nitrogens with one attached hydrogen (secondary N) is 1. The van der Waals surface area contributed by atoms with Crippen LogP contribution in [0.2, 0.25) is 0 Å². The average molecular weight is 461 g/mol. The number of aromatic nitrogens is 2. The summed E-state index contributed by atoms with van der Waals surface area (Å²) in [4.78, 5) is 42.1. The summed E-state index contributed by atoms with van der Waals surface area (Å²) in [6.45, 7) is 7.54. The fraction of sp³-hybridized carbons (Fsp3) is 0.542. The third kappa shape index (κ3) is 7.21. The molecule has 0 radical (unpaired) electrons. The summed E-state index contributed by atoms with van der Waals surface area (Å²) in [5.74, 6) is 0.373. The van der Waals surface area contributed by atoms with Crippen LogP contribution >= 0.6 is 0 Å². The molecule has 1 amide bonds. The van der Waals surface area contributed by atoms with Crippen molar-refractivity contribution in [2.75, 3.05) is 37.5 Å². The lowest BCUT2D eigenvalue weighted by Gasteiger charge is -2.25. The van der Waals surface area contributed by atoms with Gasteiger partial charge in [-0.25, -0.2) is 4.79 Å². The molecule has 0 spiro atoms. The maximum Gasteiger partial charge on any atom is 0.330 e. The smallest absolute Gasteiger partial charge is 0.330 e. The molecule has 0 atom stereocenters. The summed E-state index contributed by atoms with van der Waals surface area (Å²) in [6, 6.07) is 6.80. The Bertz CT molecular complexity index is 1010. The van der Waals surface area contributed by atoms with Gasteiger partial charge in [0.05, 0.1) is 6.61 Å². The number of nitrogen functional groups attached to an aromatic ring is 1. The molecular weight excluding hydrogens is 424 g/mol. The highest BCUT2D eigenvalue weighted by molar-refractivity contribution is 6.07. The predicted molar refractivity (Wildman–Crippen MR) is 130 cm³/mol. The number of benzene rings is 1. The van der Waals surface area contributed by atoms with Crippen LogP contribution in [0.4, 0.5) is 11.5 Å². The van der Waals surface area contributed by atoms with E-state index in [1.165, 1.54) is 9.47 Å². The minimum Gasteiger partial charge on any atom is -0.494 e. The molecule has 0 aliphatic heterocycles. The topological polar surface area (TPSA) is 120 Å². The molecular formula is C24H36N4O5. The van der Waals surface area contributed by atoms with E-state index in [1.807, 2.05) is 13.8 Å². The standard InChI is InChI=1S/C24H36N4O5/c1-5-6-7-15-33-19-11-9-18(10-12-19)23(30)27(13-8-14-32-4)20-21(25)28(16-17(2)3)24(31)26-22(20)29/h9-12,17H,5-8,13-16,25H2,1-4H3,(H,26,29,31). The first-order valence-electron chi connectivity index (χ1n) is 11.5. The number of unbranched alkanes of at least 4 members (excludes halogenated alkanes) is 2. The lowest BCUT2D eigenvalue weighted by molar-refractivity contribution is 0.0983. The highest BCUT2D eigenvalue weighted by atomic mass is 16.5. The van der Waals surface area contributed by atoms with Crippen LogP contribution < -0.4 is 26.6 Å². The number of H-pyrrole nitrogens is 1. The van der Waals surface area contributed by atoms with Gasteiger partial charge < -0.3 is 20.1 Å². The number of hydrogen-bond acceptors (Lipinski definition) is 6. The van der Waals surface area contributed by atoms with Gasteiger partial charge in [-0.2, -0.15) is 0 Å². The number of nitrogens with two attached hydrogens (primary N) is 1. The van der Waals surface area contributed by atoms with Gasteiger partial charge in [0.15, 0.2) is 5.69 Å². The van der Waals surface area contributed by atoms with Crippen LogP contribution in [0.3, 0.4) is 0 Å². The van der Waals surface area contributed by atoms with E-state index in [1.54, 1.807) is 31.4 Å². The highest BCUT2D eigenvalue weighted by Crippen LogP contribution is 2.22. The van der Waals surface area contributed by atoms with E-state index in [-0.39, 0.29) is 24.0 Å². The maximum absolute atomic E-state index is 13.4. The number of hydrogen-bond donors (Lipinski definition) is 2. The predicted octanol–water partition coefficient (Wildman–Crippen LogP) is 3.03. The van der Waals surface area contributed by atoms with Gasteiger partial charge in [0.25, 0.3) is 11.5 Å². The minimum atomic E-state index is -0.695. The van der Waals surface area contributed by atoms with Gasteiger partial charge >= 0.3 is 5.69 Å². The molecule has 1 aromatic carbocycles. The second-order valence-corrected chi connectivity index (χ2v) is 8.38. The Labute approximate surface area is 194 Å². The van der Waals surface area contributed by atoms with Gasteiger partial charge in [-0.3, -0.25) is 19.1 Å².